The lowest BCUT2D eigenvalue weighted by molar-refractivity contribution is -0.276. The maximum absolute atomic E-state index is 14.3. The molecule has 1 aromatic rings. The van der Waals surface area contributed by atoms with Gasteiger partial charge in [-0.2, -0.15) is 0 Å². The maximum Gasteiger partial charge on any atom is 0.573 e. The summed E-state index contributed by atoms with van der Waals surface area (Å²) in [6, 6.07) is 2.90. The van der Waals surface area contributed by atoms with Crippen LogP contribution in [-0.2, 0) is 0 Å². The monoisotopic (exact) mass is 290 g/mol. The van der Waals surface area contributed by atoms with Crippen LogP contribution >= 0.6 is 0 Å². The molecule has 0 unspecified atom stereocenters. The minimum atomic E-state index is -4.93. The van der Waals surface area contributed by atoms with Crippen LogP contribution < -0.4 is 9.47 Å². The molecule has 2 nitrogen and oxygen atoms in total. The summed E-state index contributed by atoms with van der Waals surface area (Å²) in [7, 11) is 0. The molecule has 110 valence electrons. The van der Waals surface area contributed by atoms with Crippen molar-refractivity contribution < 1.29 is 27.0 Å². The van der Waals surface area contributed by atoms with Crippen LogP contribution in [0.25, 0.3) is 0 Å². The molecule has 20 heavy (non-hydrogen) atoms. The molecular formula is C14H14F4O2. The van der Waals surface area contributed by atoms with E-state index >= 15 is 0 Å². The van der Waals surface area contributed by atoms with Gasteiger partial charge in [0, 0.05) is 0 Å². The van der Waals surface area contributed by atoms with Crippen molar-refractivity contribution in [2.24, 2.45) is 0 Å². The Morgan fingerprint density at radius 3 is 2.25 bits per heavy atom. The van der Waals surface area contributed by atoms with Gasteiger partial charge in [0.25, 0.3) is 0 Å². The lowest BCUT2D eigenvalue weighted by Gasteiger charge is -2.27. The molecule has 0 atom stereocenters. The van der Waals surface area contributed by atoms with E-state index in [1.165, 1.54) is 12.1 Å². The lowest BCUT2D eigenvalue weighted by Crippen LogP contribution is -2.20. The van der Waals surface area contributed by atoms with Crippen LogP contribution in [0.5, 0.6) is 11.5 Å². The van der Waals surface area contributed by atoms with Gasteiger partial charge in [0.2, 0.25) is 5.75 Å². The Kier molecular flexibility index (Phi) is 3.26. The highest BCUT2D eigenvalue weighted by atomic mass is 19.4. The normalized spacial score (nSPS) is 19.6. The van der Waals surface area contributed by atoms with Gasteiger partial charge in [-0.25, -0.2) is 4.39 Å². The van der Waals surface area contributed by atoms with Crippen LogP contribution in [0.4, 0.5) is 17.6 Å². The quantitative estimate of drug-likeness (QED) is 0.758. The van der Waals surface area contributed by atoms with Crippen LogP contribution in [0, 0.1) is 5.82 Å². The number of halogens is 4. The summed E-state index contributed by atoms with van der Waals surface area (Å²) in [5.74, 6) is -1.94. The molecule has 0 spiro atoms. The molecule has 3 rings (SSSR count). The third-order valence-corrected chi connectivity index (χ3v) is 3.67. The predicted octanol–water partition coefficient (Wildman–Crippen LogP) is 4.53. The summed E-state index contributed by atoms with van der Waals surface area (Å²) in [6.45, 7) is 0. The summed E-state index contributed by atoms with van der Waals surface area (Å²) in [4.78, 5) is 0. The van der Waals surface area contributed by atoms with E-state index in [1.807, 2.05) is 0 Å². The highest BCUT2D eigenvalue weighted by molar-refractivity contribution is 5.46. The van der Waals surface area contributed by atoms with Crippen LogP contribution in [0.2, 0.25) is 0 Å². The summed E-state index contributed by atoms with van der Waals surface area (Å²) in [6.07, 6.45) is -0.939. The van der Waals surface area contributed by atoms with Gasteiger partial charge in [-0.15, -0.1) is 13.2 Å². The molecule has 0 saturated heterocycles. The molecule has 0 aromatic heterocycles. The number of benzene rings is 1. The molecule has 2 aliphatic rings. The zero-order valence-electron chi connectivity index (χ0n) is 10.7. The second kappa shape index (κ2) is 4.82. The fourth-order valence-corrected chi connectivity index (χ4v) is 2.26. The van der Waals surface area contributed by atoms with Crippen LogP contribution in [0.1, 0.15) is 43.6 Å². The summed E-state index contributed by atoms with van der Waals surface area (Å²) < 4.78 is 60.8. The minimum absolute atomic E-state index is 0.0134. The van der Waals surface area contributed by atoms with E-state index in [-0.39, 0.29) is 17.8 Å². The van der Waals surface area contributed by atoms with E-state index in [9.17, 15) is 17.6 Å². The summed E-state index contributed by atoms with van der Waals surface area (Å²) in [5.41, 5.74) is 0.290. The fraction of sp³-hybridized carbons (Fsp3) is 0.571. The van der Waals surface area contributed by atoms with E-state index in [2.05, 4.69) is 4.74 Å². The van der Waals surface area contributed by atoms with Crippen LogP contribution in [-0.4, -0.2) is 12.5 Å². The Morgan fingerprint density at radius 2 is 1.75 bits per heavy atom. The van der Waals surface area contributed by atoms with Crippen molar-refractivity contribution in [3.8, 4) is 11.5 Å². The Morgan fingerprint density at radius 1 is 1.05 bits per heavy atom. The molecule has 0 bridgehead atoms. The molecular weight excluding hydrogens is 276 g/mol. The Hall–Kier alpha value is -1.46. The van der Waals surface area contributed by atoms with Crippen molar-refractivity contribution in [2.75, 3.05) is 0 Å². The highest BCUT2D eigenvalue weighted by Crippen LogP contribution is 2.45. The third kappa shape index (κ3) is 2.83. The topological polar surface area (TPSA) is 18.5 Å². The van der Waals surface area contributed by atoms with Gasteiger partial charge < -0.3 is 9.47 Å². The smallest absolute Gasteiger partial charge is 0.486 e. The molecule has 2 saturated carbocycles. The molecule has 0 aliphatic heterocycles. The maximum atomic E-state index is 14.3. The van der Waals surface area contributed by atoms with E-state index < -0.39 is 17.9 Å². The Labute approximate surface area is 113 Å². The molecule has 2 fully saturated rings. The van der Waals surface area contributed by atoms with E-state index in [1.54, 1.807) is 0 Å². The minimum Gasteiger partial charge on any atom is -0.486 e. The van der Waals surface area contributed by atoms with Crippen molar-refractivity contribution in [1.82, 2.24) is 0 Å². The second-order valence-corrected chi connectivity index (χ2v) is 5.29. The molecule has 0 N–H and O–H groups in total. The molecule has 1 aromatic carbocycles. The van der Waals surface area contributed by atoms with Crippen molar-refractivity contribution in [1.29, 1.82) is 0 Å². The zero-order valence-corrected chi connectivity index (χ0v) is 10.7. The molecule has 2 aliphatic carbocycles. The number of alkyl halides is 3. The highest BCUT2D eigenvalue weighted by Gasteiger charge is 2.37. The van der Waals surface area contributed by atoms with Crippen LogP contribution in [0.15, 0.2) is 12.1 Å². The molecule has 0 amide bonds. The predicted molar refractivity (Wildman–Crippen MR) is 63.3 cm³/mol. The molecule has 0 heterocycles. The fourth-order valence-electron chi connectivity index (χ4n) is 2.26. The van der Waals surface area contributed by atoms with E-state index in [0.717, 1.165) is 32.1 Å². The van der Waals surface area contributed by atoms with Crippen molar-refractivity contribution in [3.63, 3.8) is 0 Å². The average molecular weight is 290 g/mol. The largest absolute Gasteiger partial charge is 0.573 e. The first-order chi connectivity index (χ1) is 9.44. The van der Waals surface area contributed by atoms with Crippen LogP contribution in [0.3, 0.4) is 0 Å². The molecule has 0 radical (unpaired) electrons. The number of hydrogen-bond acceptors (Lipinski definition) is 2. The van der Waals surface area contributed by atoms with Gasteiger partial charge in [0.15, 0.2) is 11.6 Å². The summed E-state index contributed by atoms with van der Waals surface area (Å²) >= 11 is 0. The first-order valence-electron chi connectivity index (χ1n) is 6.69. The van der Waals surface area contributed by atoms with Gasteiger partial charge in [0.1, 0.15) is 0 Å². The van der Waals surface area contributed by atoms with Gasteiger partial charge in [-0.1, -0.05) is 12.5 Å². The van der Waals surface area contributed by atoms with E-state index in [4.69, 9.17) is 4.74 Å². The lowest BCUT2D eigenvalue weighted by atomic mass is 9.80. The Bertz CT molecular complexity index is 505. The van der Waals surface area contributed by atoms with Gasteiger partial charge in [-0.05, 0) is 43.2 Å². The van der Waals surface area contributed by atoms with Crippen molar-refractivity contribution in [3.05, 3.63) is 23.5 Å². The molecule has 6 heteroatoms. The number of ether oxygens (including phenoxy) is 2. The summed E-state index contributed by atoms with van der Waals surface area (Å²) in [5, 5.41) is 0. The van der Waals surface area contributed by atoms with Crippen molar-refractivity contribution in [2.45, 2.75) is 50.5 Å². The van der Waals surface area contributed by atoms with Gasteiger partial charge in [0.05, 0.1) is 6.10 Å². The Balaban J connectivity index is 1.94. The van der Waals surface area contributed by atoms with Gasteiger partial charge in [-0.3, -0.25) is 0 Å². The standard InChI is InChI=1S/C14H14F4O2/c15-12-10(8-2-1-3-8)6-7-11(19-9-4-5-9)13(12)20-14(16,17)18/h6-9H,1-5H2. The first-order valence-corrected chi connectivity index (χ1v) is 6.69. The average Bonchev–Trinajstić information content (AvgIpc) is 3.07. The van der Waals surface area contributed by atoms with Gasteiger partial charge >= 0.3 is 6.36 Å². The van der Waals surface area contributed by atoms with Crippen molar-refractivity contribution >= 4 is 0 Å². The first kappa shape index (κ1) is 13.5. The number of rotatable bonds is 4. The van der Waals surface area contributed by atoms with E-state index in [0.29, 0.717) is 5.56 Å². The zero-order chi connectivity index (χ0) is 14.3. The third-order valence-electron chi connectivity index (χ3n) is 3.67. The second-order valence-electron chi connectivity index (χ2n) is 5.29. The SMILES string of the molecule is Fc1c(C2CCC2)ccc(OC2CC2)c1OC(F)(F)F. The number of hydrogen-bond donors (Lipinski definition) is 0.